The number of thioether (sulfide) groups is 1. The molecular formula is C14H28N2O2S. The van der Waals surface area contributed by atoms with Crippen molar-refractivity contribution in [3.05, 3.63) is 0 Å². The maximum Gasteiger partial charge on any atom is 0.230 e. The third kappa shape index (κ3) is 7.80. The van der Waals surface area contributed by atoms with Crippen molar-refractivity contribution in [1.29, 1.82) is 0 Å². The predicted octanol–water partition coefficient (Wildman–Crippen LogP) is 1.78. The summed E-state index contributed by atoms with van der Waals surface area (Å²) in [6, 6.07) is 0.110. The number of hydrogen-bond acceptors (Lipinski definition) is 4. The molecule has 1 rings (SSSR count). The molecule has 3 N–H and O–H groups in total. The first-order chi connectivity index (χ1) is 9.11. The van der Waals surface area contributed by atoms with E-state index in [0.717, 1.165) is 25.2 Å². The van der Waals surface area contributed by atoms with Crippen LogP contribution in [0.4, 0.5) is 0 Å². The Morgan fingerprint density at radius 2 is 2.26 bits per heavy atom. The van der Waals surface area contributed by atoms with E-state index >= 15 is 0 Å². The van der Waals surface area contributed by atoms with Crippen LogP contribution in [0, 0.1) is 5.92 Å². The van der Waals surface area contributed by atoms with Crippen molar-refractivity contribution in [1.82, 2.24) is 5.32 Å². The number of rotatable bonds is 8. The quantitative estimate of drug-likeness (QED) is 0.714. The second kappa shape index (κ2) is 9.61. The van der Waals surface area contributed by atoms with Gasteiger partial charge in [-0.1, -0.05) is 13.8 Å². The van der Waals surface area contributed by atoms with Gasteiger partial charge in [-0.3, -0.25) is 4.79 Å². The third-order valence-corrected chi connectivity index (χ3v) is 4.29. The standard InChI is InChI=1S/C14H28N2O2S/c1-11(2)7-12(8-15)16-14(17)10-19-9-13-5-3-4-6-18-13/h11-13H,3-10,15H2,1-2H3,(H,16,17). The Bertz CT molecular complexity index is 256. The number of amides is 1. The van der Waals surface area contributed by atoms with Gasteiger partial charge >= 0.3 is 0 Å². The smallest absolute Gasteiger partial charge is 0.230 e. The minimum absolute atomic E-state index is 0.0944. The van der Waals surface area contributed by atoms with Crippen LogP contribution in [0.5, 0.6) is 0 Å². The number of ether oxygens (including phenoxy) is 1. The van der Waals surface area contributed by atoms with E-state index in [-0.39, 0.29) is 11.9 Å². The monoisotopic (exact) mass is 288 g/mol. The molecule has 0 bridgehead atoms. The lowest BCUT2D eigenvalue weighted by atomic mass is 10.0. The maximum atomic E-state index is 11.8. The molecule has 19 heavy (non-hydrogen) atoms. The highest BCUT2D eigenvalue weighted by Crippen LogP contribution is 2.17. The summed E-state index contributed by atoms with van der Waals surface area (Å²) >= 11 is 1.66. The Morgan fingerprint density at radius 1 is 1.47 bits per heavy atom. The van der Waals surface area contributed by atoms with Crippen molar-refractivity contribution >= 4 is 17.7 Å². The van der Waals surface area contributed by atoms with Crippen LogP contribution in [0.15, 0.2) is 0 Å². The summed E-state index contributed by atoms with van der Waals surface area (Å²) < 4.78 is 5.64. The zero-order chi connectivity index (χ0) is 14.1. The molecule has 2 atom stereocenters. The Morgan fingerprint density at radius 3 is 2.84 bits per heavy atom. The zero-order valence-corrected chi connectivity index (χ0v) is 13.0. The average molecular weight is 288 g/mol. The Kier molecular flexibility index (Phi) is 8.50. The first-order valence-electron chi connectivity index (χ1n) is 7.30. The van der Waals surface area contributed by atoms with Crippen molar-refractivity contribution in [2.45, 2.75) is 51.7 Å². The fraction of sp³-hybridized carbons (Fsp3) is 0.929. The van der Waals surface area contributed by atoms with E-state index in [1.807, 2.05) is 0 Å². The minimum Gasteiger partial charge on any atom is -0.377 e. The minimum atomic E-state index is 0.0944. The number of carbonyl (C=O) groups excluding carboxylic acids is 1. The molecule has 1 heterocycles. The molecule has 0 spiro atoms. The fourth-order valence-corrected chi connectivity index (χ4v) is 3.19. The lowest BCUT2D eigenvalue weighted by Gasteiger charge is -2.22. The fourth-order valence-electron chi connectivity index (χ4n) is 2.27. The molecule has 1 aliphatic heterocycles. The van der Waals surface area contributed by atoms with Gasteiger partial charge in [0, 0.05) is 24.9 Å². The van der Waals surface area contributed by atoms with Crippen LogP contribution in [0.25, 0.3) is 0 Å². The van der Waals surface area contributed by atoms with Gasteiger partial charge in [0.15, 0.2) is 0 Å². The molecule has 0 aromatic rings. The normalized spacial score (nSPS) is 21.4. The summed E-state index contributed by atoms with van der Waals surface area (Å²) in [5.74, 6) is 2.08. The zero-order valence-electron chi connectivity index (χ0n) is 12.2. The molecule has 0 radical (unpaired) electrons. The molecule has 112 valence electrons. The molecule has 1 saturated heterocycles. The van der Waals surface area contributed by atoms with E-state index in [1.54, 1.807) is 11.8 Å². The largest absolute Gasteiger partial charge is 0.377 e. The Balaban J connectivity index is 2.12. The van der Waals surface area contributed by atoms with Crippen molar-refractivity contribution in [2.75, 3.05) is 24.7 Å². The molecule has 1 aliphatic rings. The van der Waals surface area contributed by atoms with Crippen LogP contribution in [0.2, 0.25) is 0 Å². The Labute approximate surface area is 121 Å². The van der Waals surface area contributed by atoms with Crippen molar-refractivity contribution in [3.8, 4) is 0 Å². The van der Waals surface area contributed by atoms with Crippen LogP contribution in [0.1, 0.15) is 39.5 Å². The molecule has 2 unspecified atom stereocenters. The predicted molar refractivity (Wildman–Crippen MR) is 81.4 cm³/mol. The van der Waals surface area contributed by atoms with E-state index < -0.39 is 0 Å². The van der Waals surface area contributed by atoms with Crippen LogP contribution >= 0.6 is 11.8 Å². The molecule has 0 aromatic heterocycles. The van der Waals surface area contributed by atoms with E-state index in [9.17, 15) is 4.79 Å². The van der Waals surface area contributed by atoms with Gasteiger partial charge in [-0.2, -0.15) is 0 Å². The van der Waals surface area contributed by atoms with E-state index in [2.05, 4.69) is 19.2 Å². The van der Waals surface area contributed by atoms with Crippen molar-refractivity contribution < 1.29 is 9.53 Å². The molecule has 5 heteroatoms. The van der Waals surface area contributed by atoms with Gasteiger partial charge in [0.2, 0.25) is 5.91 Å². The van der Waals surface area contributed by atoms with Crippen molar-refractivity contribution in [2.24, 2.45) is 11.7 Å². The highest BCUT2D eigenvalue weighted by atomic mass is 32.2. The van der Waals surface area contributed by atoms with Gasteiger partial charge in [0.1, 0.15) is 0 Å². The summed E-state index contributed by atoms with van der Waals surface area (Å²) in [4.78, 5) is 11.8. The third-order valence-electron chi connectivity index (χ3n) is 3.22. The topological polar surface area (TPSA) is 64.3 Å². The summed E-state index contributed by atoms with van der Waals surface area (Å²) in [6.45, 7) is 5.68. The second-order valence-electron chi connectivity index (χ2n) is 5.63. The molecule has 1 amide bonds. The summed E-state index contributed by atoms with van der Waals surface area (Å²) in [7, 11) is 0. The lowest BCUT2D eigenvalue weighted by molar-refractivity contribution is -0.119. The second-order valence-corrected chi connectivity index (χ2v) is 6.66. The van der Waals surface area contributed by atoms with Crippen LogP contribution in [0.3, 0.4) is 0 Å². The molecule has 1 fully saturated rings. The van der Waals surface area contributed by atoms with Crippen LogP contribution < -0.4 is 11.1 Å². The number of carbonyl (C=O) groups is 1. The molecule has 0 saturated carbocycles. The van der Waals surface area contributed by atoms with E-state index in [0.29, 0.717) is 24.3 Å². The maximum absolute atomic E-state index is 11.8. The lowest BCUT2D eigenvalue weighted by Crippen LogP contribution is -2.42. The molecule has 4 nitrogen and oxygen atoms in total. The van der Waals surface area contributed by atoms with Crippen molar-refractivity contribution in [3.63, 3.8) is 0 Å². The molecule has 0 aliphatic carbocycles. The van der Waals surface area contributed by atoms with Gasteiger partial charge < -0.3 is 15.8 Å². The SMILES string of the molecule is CC(C)CC(CN)NC(=O)CSCC1CCCCO1. The first-order valence-corrected chi connectivity index (χ1v) is 8.46. The van der Waals surface area contributed by atoms with E-state index in [1.165, 1.54) is 12.8 Å². The molecule has 0 aromatic carbocycles. The molecular weight excluding hydrogens is 260 g/mol. The van der Waals surface area contributed by atoms with Gasteiger partial charge in [0.25, 0.3) is 0 Å². The van der Waals surface area contributed by atoms with Gasteiger partial charge in [0.05, 0.1) is 11.9 Å². The Hall–Kier alpha value is -0.260. The number of nitrogens with two attached hydrogens (primary N) is 1. The highest BCUT2D eigenvalue weighted by molar-refractivity contribution is 7.99. The van der Waals surface area contributed by atoms with Crippen LogP contribution in [-0.4, -0.2) is 42.7 Å². The summed E-state index contributed by atoms with van der Waals surface area (Å²) in [5, 5.41) is 3.01. The van der Waals surface area contributed by atoms with Gasteiger partial charge in [-0.25, -0.2) is 0 Å². The number of hydrogen-bond donors (Lipinski definition) is 2. The summed E-state index contributed by atoms with van der Waals surface area (Å²) in [6.07, 6.45) is 4.84. The highest BCUT2D eigenvalue weighted by Gasteiger charge is 2.16. The van der Waals surface area contributed by atoms with E-state index in [4.69, 9.17) is 10.5 Å². The average Bonchev–Trinajstić information content (AvgIpc) is 2.38. The number of nitrogens with one attached hydrogen (secondary N) is 1. The van der Waals surface area contributed by atoms with Gasteiger partial charge in [-0.15, -0.1) is 11.8 Å². The first kappa shape index (κ1) is 16.8. The summed E-state index contributed by atoms with van der Waals surface area (Å²) in [5.41, 5.74) is 5.67. The van der Waals surface area contributed by atoms with Crippen LogP contribution in [-0.2, 0) is 9.53 Å². The van der Waals surface area contributed by atoms with Gasteiger partial charge in [-0.05, 0) is 31.6 Å².